The standard InChI is InChI=1S/C12H13NO3/c1-3-12(16)9-7-5-4-6-8(9)10(14)13(2)11(12)15/h4-7,16H,3H2,1-2H3. The number of nitrogens with zero attached hydrogens (tertiary/aromatic N) is 1. The first-order valence-electron chi connectivity index (χ1n) is 5.16. The predicted octanol–water partition coefficient (Wildman–Crippen LogP) is 0.896. The molecule has 1 heterocycles. The third-order valence-corrected chi connectivity index (χ3v) is 3.08. The summed E-state index contributed by atoms with van der Waals surface area (Å²) < 4.78 is 0. The summed E-state index contributed by atoms with van der Waals surface area (Å²) in [5, 5.41) is 10.3. The lowest BCUT2D eigenvalue weighted by Crippen LogP contribution is -2.52. The van der Waals surface area contributed by atoms with Gasteiger partial charge in [-0.2, -0.15) is 0 Å². The minimum absolute atomic E-state index is 0.250. The lowest BCUT2D eigenvalue weighted by molar-refractivity contribution is -0.150. The first kappa shape index (κ1) is 10.8. The molecule has 0 saturated carbocycles. The molecule has 1 aromatic rings. The summed E-state index contributed by atoms with van der Waals surface area (Å²) in [7, 11) is 1.39. The van der Waals surface area contributed by atoms with Gasteiger partial charge in [-0.05, 0) is 12.5 Å². The summed E-state index contributed by atoms with van der Waals surface area (Å²) in [4.78, 5) is 24.7. The number of fused-ring (bicyclic) bond motifs is 1. The topological polar surface area (TPSA) is 57.6 Å². The molecule has 2 amide bonds. The van der Waals surface area contributed by atoms with Crippen LogP contribution in [0.1, 0.15) is 29.3 Å². The van der Waals surface area contributed by atoms with E-state index < -0.39 is 11.5 Å². The molecule has 0 fully saturated rings. The largest absolute Gasteiger partial charge is 0.375 e. The maximum atomic E-state index is 11.9. The lowest BCUT2D eigenvalue weighted by Gasteiger charge is -2.36. The molecule has 4 nitrogen and oxygen atoms in total. The van der Waals surface area contributed by atoms with Crippen LogP contribution >= 0.6 is 0 Å². The second-order valence-electron chi connectivity index (χ2n) is 3.93. The van der Waals surface area contributed by atoms with Crippen molar-refractivity contribution in [2.75, 3.05) is 7.05 Å². The van der Waals surface area contributed by atoms with Crippen molar-refractivity contribution in [2.45, 2.75) is 18.9 Å². The molecule has 4 heteroatoms. The van der Waals surface area contributed by atoms with Gasteiger partial charge in [0.1, 0.15) is 0 Å². The zero-order chi connectivity index (χ0) is 11.9. The van der Waals surface area contributed by atoms with Crippen LogP contribution in [0.15, 0.2) is 24.3 Å². The Hall–Kier alpha value is -1.68. The number of aliphatic hydroxyl groups is 1. The first-order valence-corrected chi connectivity index (χ1v) is 5.16. The van der Waals surface area contributed by atoms with E-state index in [1.165, 1.54) is 7.05 Å². The van der Waals surface area contributed by atoms with Crippen LogP contribution in [0.2, 0.25) is 0 Å². The van der Waals surface area contributed by atoms with Crippen molar-refractivity contribution in [3.63, 3.8) is 0 Å². The summed E-state index contributed by atoms with van der Waals surface area (Å²) in [6.45, 7) is 1.72. The SMILES string of the molecule is CCC1(O)C(=O)N(C)C(=O)c2ccccc21. The minimum Gasteiger partial charge on any atom is -0.375 e. The van der Waals surface area contributed by atoms with Crippen LogP contribution in [0, 0.1) is 0 Å². The molecule has 0 aliphatic carbocycles. The van der Waals surface area contributed by atoms with Crippen LogP contribution in [-0.4, -0.2) is 28.9 Å². The second-order valence-corrected chi connectivity index (χ2v) is 3.93. The number of carbonyl (C=O) groups is 2. The summed E-state index contributed by atoms with van der Waals surface area (Å²) in [5.74, 6) is -0.919. The number of carbonyl (C=O) groups excluding carboxylic acids is 2. The molecule has 0 aromatic heterocycles. The van der Waals surface area contributed by atoms with Gasteiger partial charge in [-0.25, -0.2) is 0 Å². The normalized spacial score (nSPS) is 24.6. The number of imide groups is 1. The summed E-state index contributed by atoms with van der Waals surface area (Å²) >= 11 is 0. The van der Waals surface area contributed by atoms with Crippen LogP contribution in [0.3, 0.4) is 0 Å². The van der Waals surface area contributed by atoms with Crippen LogP contribution in [0.25, 0.3) is 0 Å². The van der Waals surface area contributed by atoms with Crippen LogP contribution in [0.4, 0.5) is 0 Å². The van der Waals surface area contributed by atoms with Crippen molar-refractivity contribution in [1.29, 1.82) is 0 Å². The molecular formula is C12H13NO3. The molecule has 1 N–H and O–H groups in total. The fourth-order valence-electron chi connectivity index (χ4n) is 2.04. The predicted molar refractivity (Wildman–Crippen MR) is 57.7 cm³/mol. The molecule has 0 bridgehead atoms. The number of rotatable bonds is 1. The van der Waals surface area contributed by atoms with Crippen LogP contribution in [-0.2, 0) is 10.4 Å². The van der Waals surface area contributed by atoms with E-state index in [-0.39, 0.29) is 12.3 Å². The van der Waals surface area contributed by atoms with E-state index in [0.717, 1.165) is 4.90 Å². The van der Waals surface area contributed by atoms with Crippen molar-refractivity contribution in [3.05, 3.63) is 35.4 Å². The summed E-state index contributed by atoms with van der Waals surface area (Å²) in [5.41, 5.74) is -0.765. The fraction of sp³-hybridized carbons (Fsp3) is 0.333. The highest BCUT2D eigenvalue weighted by atomic mass is 16.3. The molecule has 1 unspecified atom stereocenters. The van der Waals surface area contributed by atoms with Gasteiger partial charge in [-0.3, -0.25) is 14.5 Å². The number of hydrogen-bond acceptors (Lipinski definition) is 3. The third-order valence-electron chi connectivity index (χ3n) is 3.08. The Bertz CT molecular complexity index is 469. The zero-order valence-corrected chi connectivity index (χ0v) is 9.23. The molecule has 1 aliphatic rings. The Kier molecular flexibility index (Phi) is 2.31. The Morgan fingerprint density at radius 2 is 1.94 bits per heavy atom. The molecule has 84 valence electrons. The minimum atomic E-state index is -1.57. The highest BCUT2D eigenvalue weighted by molar-refractivity contribution is 6.12. The van der Waals surface area contributed by atoms with E-state index in [1.807, 2.05) is 0 Å². The van der Waals surface area contributed by atoms with Gasteiger partial charge >= 0.3 is 0 Å². The van der Waals surface area contributed by atoms with Crippen LogP contribution < -0.4 is 0 Å². The Morgan fingerprint density at radius 3 is 2.56 bits per heavy atom. The quantitative estimate of drug-likeness (QED) is 0.714. The van der Waals surface area contributed by atoms with Gasteiger partial charge in [-0.15, -0.1) is 0 Å². The molecule has 0 spiro atoms. The molecule has 16 heavy (non-hydrogen) atoms. The molecule has 1 aromatic carbocycles. The van der Waals surface area contributed by atoms with E-state index in [9.17, 15) is 14.7 Å². The van der Waals surface area contributed by atoms with Gasteiger partial charge in [0.15, 0.2) is 5.60 Å². The number of amides is 2. The Morgan fingerprint density at radius 1 is 1.31 bits per heavy atom. The molecule has 2 rings (SSSR count). The fourth-order valence-corrected chi connectivity index (χ4v) is 2.04. The third kappa shape index (κ3) is 1.20. The highest BCUT2D eigenvalue weighted by Gasteiger charge is 2.46. The maximum absolute atomic E-state index is 11.9. The van der Waals surface area contributed by atoms with E-state index in [2.05, 4.69) is 0 Å². The average molecular weight is 219 g/mol. The molecular weight excluding hydrogens is 206 g/mol. The van der Waals surface area contributed by atoms with Gasteiger partial charge in [0, 0.05) is 18.2 Å². The van der Waals surface area contributed by atoms with Gasteiger partial charge in [-0.1, -0.05) is 25.1 Å². The Balaban J connectivity index is 2.71. The van der Waals surface area contributed by atoms with E-state index in [1.54, 1.807) is 31.2 Å². The van der Waals surface area contributed by atoms with Crippen molar-refractivity contribution in [3.8, 4) is 0 Å². The number of likely N-dealkylation sites (N-methyl/N-ethyl adjacent to an activating group) is 1. The molecule has 1 atom stereocenters. The van der Waals surface area contributed by atoms with E-state index >= 15 is 0 Å². The molecule has 0 saturated heterocycles. The summed E-state index contributed by atoms with van der Waals surface area (Å²) in [6.07, 6.45) is 0.250. The van der Waals surface area contributed by atoms with Crippen LogP contribution in [0.5, 0.6) is 0 Å². The van der Waals surface area contributed by atoms with Crippen molar-refractivity contribution < 1.29 is 14.7 Å². The molecule has 0 radical (unpaired) electrons. The van der Waals surface area contributed by atoms with Crippen molar-refractivity contribution in [2.24, 2.45) is 0 Å². The highest BCUT2D eigenvalue weighted by Crippen LogP contribution is 2.34. The number of benzene rings is 1. The Labute approximate surface area is 93.5 Å². The van der Waals surface area contributed by atoms with Gasteiger partial charge < -0.3 is 5.11 Å². The van der Waals surface area contributed by atoms with Crippen molar-refractivity contribution >= 4 is 11.8 Å². The first-order chi connectivity index (χ1) is 7.52. The lowest BCUT2D eigenvalue weighted by atomic mass is 9.83. The van der Waals surface area contributed by atoms with Gasteiger partial charge in [0.2, 0.25) is 0 Å². The monoisotopic (exact) mass is 219 g/mol. The zero-order valence-electron chi connectivity index (χ0n) is 9.23. The van der Waals surface area contributed by atoms with E-state index in [0.29, 0.717) is 11.1 Å². The number of hydrogen-bond donors (Lipinski definition) is 1. The molecule has 1 aliphatic heterocycles. The smallest absolute Gasteiger partial charge is 0.265 e. The maximum Gasteiger partial charge on any atom is 0.265 e. The van der Waals surface area contributed by atoms with Gasteiger partial charge in [0.25, 0.3) is 11.8 Å². The average Bonchev–Trinajstić information content (AvgIpc) is 2.33. The van der Waals surface area contributed by atoms with Crippen molar-refractivity contribution in [1.82, 2.24) is 4.90 Å². The van der Waals surface area contributed by atoms with Gasteiger partial charge in [0.05, 0.1) is 0 Å². The summed E-state index contributed by atoms with van der Waals surface area (Å²) in [6, 6.07) is 6.69. The van der Waals surface area contributed by atoms with E-state index in [4.69, 9.17) is 0 Å². The second kappa shape index (κ2) is 3.42.